The number of rotatable bonds is 0. The Hall–Kier alpha value is -1.51. The molecule has 1 heterocycles. The third-order valence-electron chi connectivity index (χ3n) is 2.29. The van der Waals surface area contributed by atoms with Crippen molar-refractivity contribution < 1.29 is 0 Å². The van der Waals surface area contributed by atoms with E-state index in [9.17, 15) is 0 Å². The molecule has 3 heteroatoms. The van der Waals surface area contributed by atoms with E-state index in [0.29, 0.717) is 0 Å². The molecule has 0 aliphatic heterocycles. The minimum atomic E-state index is 0.164. The quantitative estimate of drug-likeness (QED) is 0.635. The first kappa shape index (κ1) is 9.06. The normalized spacial score (nSPS) is 11.9. The van der Waals surface area contributed by atoms with Crippen LogP contribution in [0.5, 0.6) is 0 Å². The minimum Gasteiger partial charge on any atom is -0.138 e. The van der Waals surface area contributed by atoms with E-state index in [2.05, 4.69) is 48.3 Å². The van der Waals surface area contributed by atoms with Gasteiger partial charge in [0.2, 0.25) is 0 Å². The van der Waals surface area contributed by atoms with Crippen molar-refractivity contribution in [2.45, 2.75) is 26.2 Å². The number of benzene rings is 1. The standard InChI is InChI=1S/C11H13N3/c1-11(2,3)9-4-5-10-8(6-9)7-12-14-13-10/h4-7H,1-3H3. The second-order valence-corrected chi connectivity index (χ2v) is 4.46. The van der Waals surface area contributed by atoms with Crippen LogP contribution in [0.3, 0.4) is 0 Å². The molecule has 0 aliphatic carbocycles. The van der Waals surface area contributed by atoms with Gasteiger partial charge < -0.3 is 0 Å². The minimum absolute atomic E-state index is 0.164. The first-order valence-electron chi connectivity index (χ1n) is 4.66. The van der Waals surface area contributed by atoms with Crippen molar-refractivity contribution in [3.8, 4) is 0 Å². The molecule has 0 fully saturated rings. The van der Waals surface area contributed by atoms with Gasteiger partial charge in [-0.25, -0.2) is 0 Å². The van der Waals surface area contributed by atoms with Gasteiger partial charge in [-0.3, -0.25) is 0 Å². The van der Waals surface area contributed by atoms with E-state index in [1.165, 1.54) is 5.56 Å². The van der Waals surface area contributed by atoms with Crippen LogP contribution in [0.15, 0.2) is 24.4 Å². The lowest BCUT2D eigenvalue weighted by Gasteiger charge is -2.18. The maximum Gasteiger partial charge on any atom is 0.0963 e. The summed E-state index contributed by atoms with van der Waals surface area (Å²) in [7, 11) is 0. The van der Waals surface area contributed by atoms with Crippen LogP contribution in [0.1, 0.15) is 26.3 Å². The molecule has 1 aromatic heterocycles. The highest BCUT2D eigenvalue weighted by atomic mass is 15.3. The van der Waals surface area contributed by atoms with Crippen LogP contribution in [-0.2, 0) is 5.41 Å². The molecule has 2 aromatic rings. The van der Waals surface area contributed by atoms with Crippen molar-refractivity contribution in [2.75, 3.05) is 0 Å². The Bertz CT molecular complexity index is 457. The molecule has 0 saturated heterocycles. The summed E-state index contributed by atoms with van der Waals surface area (Å²) in [6.45, 7) is 6.57. The maximum absolute atomic E-state index is 3.94. The van der Waals surface area contributed by atoms with E-state index in [-0.39, 0.29) is 5.41 Å². The van der Waals surface area contributed by atoms with Gasteiger partial charge in [-0.2, -0.15) is 0 Å². The summed E-state index contributed by atoms with van der Waals surface area (Å²) in [5.74, 6) is 0. The fourth-order valence-electron chi connectivity index (χ4n) is 1.38. The molecule has 1 aromatic carbocycles. The van der Waals surface area contributed by atoms with Crippen molar-refractivity contribution in [3.63, 3.8) is 0 Å². The first-order chi connectivity index (χ1) is 6.57. The lowest BCUT2D eigenvalue weighted by molar-refractivity contribution is 0.591. The second-order valence-electron chi connectivity index (χ2n) is 4.46. The second kappa shape index (κ2) is 3.01. The van der Waals surface area contributed by atoms with Crippen molar-refractivity contribution >= 4 is 10.9 Å². The summed E-state index contributed by atoms with van der Waals surface area (Å²) in [5.41, 5.74) is 2.35. The van der Waals surface area contributed by atoms with E-state index in [1.54, 1.807) is 6.20 Å². The molecule has 14 heavy (non-hydrogen) atoms. The lowest BCUT2D eigenvalue weighted by atomic mass is 9.86. The summed E-state index contributed by atoms with van der Waals surface area (Å²) in [6.07, 6.45) is 1.75. The Morgan fingerprint density at radius 1 is 1.14 bits per heavy atom. The molecular weight excluding hydrogens is 174 g/mol. The topological polar surface area (TPSA) is 38.7 Å². The van der Waals surface area contributed by atoms with Gasteiger partial charge >= 0.3 is 0 Å². The fourth-order valence-corrected chi connectivity index (χ4v) is 1.38. The molecule has 0 atom stereocenters. The van der Waals surface area contributed by atoms with Gasteiger partial charge in [0, 0.05) is 5.39 Å². The number of hydrogen-bond donors (Lipinski definition) is 0. The zero-order chi connectivity index (χ0) is 10.2. The average Bonchev–Trinajstić information content (AvgIpc) is 2.16. The summed E-state index contributed by atoms with van der Waals surface area (Å²) < 4.78 is 0. The molecule has 0 amide bonds. The van der Waals surface area contributed by atoms with Gasteiger partial charge in [0.05, 0.1) is 11.7 Å². The van der Waals surface area contributed by atoms with E-state index >= 15 is 0 Å². The summed E-state index contributed by atoms with van der Waals surface area (Å²) in [6, 6.07) is 6.21. The zero-order valence-corrected chi connectivity index (χ0v) is 8.65. The molecule has 0 spiro atoms. The third-order valence-corrected chi connectivity index (χ3v) is 2.29. The molecule has 0 bridgehead atoms. The summed E-state index contributed by atoms with van der Waals surface area (Å²) >= 11 is 0. The average molecular weight is 187 g/mol. The fraction of sp³-hybridized carbons (Fsp3) is 0.364. The van der Waals surface area contributed by atoms with Gasteiger partial charge in [0.15, 0.2) is 0 Å². The molecular formula is C11H13N3. The van der Waals surface area contributed by atoms with Crippen molar-refractivity contribution in [1.82, 2.24) is 15.4 Å². The molecule has 3 nitrogen and oxygen atoms in total. The molecule has 0 aliphatic rings. The number of nitrogens with zero attached hydrogens (tertiary/aromatic N) is 3. The third kappa shape index (κ3) is 1.58. The highest BCUT2D eigenvalue weighted by Gasteiger charge is 2.13. The van der Waals surface area contributed by atoms with Crippen molar-refractivity contribution in [1.29, 1.82) is 0 Å². The predicted octanol–water partition coefficient (Wildman–Crippen LogP) is 2.32. The van der Waals surface area contributed by atoms with Gasteiger partial charge in [0.1, 0.15) is 0 Å². The van der Waals surface area contributed by atoms with Crippen LogP contribution in [0, 0.1) is 0 Å². The molecule has 2 rings (SSSR count). The molecule has 0 saturated carbocycles. The van der Waals surface area contributed by atoms with E-state index in [0.717, 1.165) is 10.9 Å². The van der Waals surface area contributed by atoms with Gasteiger partial charge in [-0.15, -0.1) is 10.2 Å². The monoisotopic (exact) mass is 187 g/mol. The first-order valence-corrected chi connectivity index (χ1v) is 4.66. The lowest BCUT2D eigenvalue weighted by Crippen LogP contribution is -2.10. The van der Waals surface area contributed by atoms with Crippen molar-refractivity contribution in [2.24, 2.45) is 0 Å². The Morgan fingerprint density at radius 3 is 2.64 bits per heavy atom. The molecule has 72 valence electrons. The van der Waals surface area contributed by atoms with Gasteiger partial charge in [-0.05, 0) is 28.3 Å². The van der Waals surface area contributed by atoms with Crippen LogP contribution >= 0.6 is 0 Å². The van der Waals surface area contributed by atoms with E-state index < -0.39 is 0 Å². The molecule has 0 N–H and O–H groups in total. The highest BCUT2D eigenvalue weighted by Crippen LogP contribution is 2.24. The number of aromatic nitrogens is 3. The van der Waals surface area contributed by atoms with Crippen LogP contribution < -0.4 is 0 Å². The number of fused-ring (bicyclic) bond motifs is 1. The van der Waals surface area contributed by atoms with E-state index in [4.69, 9.17) is 0 Å². The Labute approximate surface area is 83.2 Å². The zero-order valence-electron chi connectivity index (χ0n) is 8.65. The largest absolute Gasteiger partial charge is 0.138 e. The summed E-state index contributed by atoms with van der Waals surface area (Å²) in [4.78, 5) is 0. The number of hydrogen-bond acceptors (Lipinski definition) is 3. The van der Waals surface area contributed by atoms with Crippen LogP contribution in [0.2, 0.25) is 0 Å². The highest BCUT2D eigenvalue weighted by molar-refractivity contribution is 5.77. The predicted molar refractivity (Wildman–Crippen MR) is 56.0 cm³/mol. The van der Waals surface area contributed by atoms with Gasteiger partial charge in [-0.1, -0.05) is 26.8 Å². The Balaban J connectivity index is 2.63. The molecule has 0 unspecified atom stereocenters. The Morgan fingerprint density at radius 2 is 1.93 bits per heavy atom. The van der Waals surface area contributed by atoms with Crippen molar-refractivity contribution in [3.05, 3.63) is 30.0 Å². The smallest absolute Gasteiger partial charge is 0.0963 e. The van der Waals surface area contributed by atoms with Crippen LogP contribution in [0.25, 0.3) is 10.9 Å². The van der Waals surface area contributed by atoms with Crippen LogP contribution in [-0.4, -0.2) is 15.4 Å². The van der Waals surface area contributed by atoms with Gasteiger partial charge in [0.25, 0.3) is 0 Å². The SMILES string of the molecule is CC(C)(C)c1ccc2nnncc2c1. The molecule has 0 radical (unpaired) electrons. The Kier molecular flexibility index (Phi) is 1.95. The summed E-state index contributed by atoms with van der Waals surface area (Å²) in [5, 5.41) is 12.4. The van der Waals surface area contributed by atoms with E-state index in [1.807, 2.05) is 6.07 Å². The van der Waals surface area contributed by atoms with Crippen LogP contribution in [0.4, 0.5) is 0 Å². The maximum atomic E-state index is 3.94.